The van der Waals surface area contributed by atoms with Gasteiger partial charge in [-0.15, -0.1) is 0 Å². The molecular weight excluding hydrogens is 438 g/mol. The van der Waals surface area contributed by atoms with Crippen LogP contribution in [0.25, 0.3) is 10.9 Å². The number of piperidine rings is 1. The quantitative estimate of drug-likeness (QED) is 0.615. The first-order valence-electron chi connectivity index (χ1n) is 11.5. The summed E-state index contributed by atoms with van der Waals surface area (Å²) in [7, 11) is -1.79. The number of likely N-dealkylation sites (tertiary alicyclic amines) is 1. The number of benzene rings is 2. The molecular formula is C25H29N3O4S. The van der Waals surface area contributed by atoms with E-state index in [1.807, 2.05) is 17.0 Å². The summed E-state index contributed by atoms with van der Waals surface area (Å²) in [6.07, 6.45) is 5.65. The van der Waals surface area contributed by atoms with Gasteiger partial charge in [0.15, 0.2) is 0 Å². The molecule has 3 aromatic rings. The number of aromatic nitrogens is 1. The molecule has 2 aliphatic heterocycles. The number of nitrogens with zero attached hydrogens (tertiary/aromatic N) is 2. The van der Waals surface area contributed by atoms with Crippen LogP contribution in [0.3, 0.4) is 0 Å². The molecule has 0 atom stereocenters. The lowest BCUT2D eigenvalue weighted by atomic mass is 9.89. The minimum absolute atomic E-state index is 0.0424. The molecule has 1 aromatic heterocycles. The van der Waals surface area contributed by atoms with E-state index in [0.29, 0.717) is 37.7 Å². The lowest BCUT2D eigenvalue weighted by Gasteiger charge is -2.32. The van der Waals surface area contributed by atoms with E-state index in [0.717, 1.165) is 36.9 Å². The molecule has 2 aliphatic rings. The van der Waals surface area contributed by atoms with Crippen molar-refractivity contribution in [2.24, 2.45) is 0 Å². The van der Waals surface area contributed by atoms with E-state index in [-0.39, 0.29) is 10.8 Å². The summed E-state index contributed by atoms with van der Waals surface area (Å²) < 4.78 is 32.3. The summed E-state index contributed by atoms with van der Waals surface area (Å²) in [5.74, 6) is 1.17. The van der Waals surface area contributed by atoms with Crippen LogP contribution in [-0.4, -0.2) is 61.8 Å². The molecule has 8 heteroatoms. The van der Waals surface area contributed by atoms with Gasteiger partial charge in [-0.2, -0.15) is 4.31 Å². The predicted octanol–water partition coefficient (Wildman–Crippen LogP) is 3.98. The number of fused-ring (bicyclic) bond motifs is 1. The van der Waals surface area contributed by atoms with Crippen LogP contribution in [0, 0.1) is 0 Å². The van der Waals surface area contributed by atoms with Crippen LogP contribution in [0.15, 0.2) is 53.6 Å². The number of aromatic amines is 1. The summed E-state index contributed by atoms with van der Waals surface area (Å²) in [5, 5.41) is 1.17. The molecule has 1 amide bonds. The van der Waals surface area contributed by atoms with E-state index < -0.39 is 10.0 Å². The Bertz CT molecular complexity index is 1250. The standard InChI is InChI=1S/C25H29N3O4S/c1-32-20-6-9-24-22(16-20)23(17-26-24)18-10-14-27(15-11-18)25(29)19-4-7-21(8-5-19)33(30,31)28-12-2-3-13-28/h4-9,16-18,26H,2-3,10-15H2,1H3. The van der Waals surface area contributed by atoms with Crippen LogP contribution in [0.2, 0.25) is 0 Å². The largest absolute Gasteiger partial charge is 0.497 e. The number of amides is 1. The zero-order valence-electron chi connectivity index (χ0n) is 18.8. The smallest absolute Gasteiger partial charge is 0.253 e. The van der Waals surface area contributed by atoms with E-state index in [1.165, 1.54) is 15.3 Å². The number of nitrogens with one attached hydrogen (secondary N) is 1. The molecule has 33 heavy (non-hydrogen) atoms. The lowest BCUT2D eigenvalue weighted by molar-refractivity contribution is 0.0713. The second-order valence-corrected chi connectivity index (χ2v) is 10.8. The van der Waals surface area contributed by atoms with Crippen LogP contribution in [-0.2, 0) is 10.0 Å². The first kappa shape index (κ1) is 22.0. The highest BCUT2D eigenvalue weighted by molar-refractivity contribution is 7.89. The SMILES string of the molecule is COc1ccc2[nH]cc(C3CCN(C(=O)c4ccc(S(=O)(=O)N5CCCC5)cc4)CC3)c2c1. The van der Waals surface area contributed by atoms with Crippen molar-refractivity contribution in [1.29, 1.82) is 0 Å². The van der Waals surface area contributed by atoms with Gasteiger partial charge < -0.3 is 14.6 Å². The Morgan fingerprint density at radius 3 is 2.36 bits per heavy atom. The molecule has 1 N–H and O–H groups in total. The second-order valence-electron chi connectivity index (χ2n) is 8.86. The summed E-state index contributed by atoms with van der Waals surface area (Å²) >= 11 is 0. The maximum absolute atomic E-state index is 13.0. The number of carbonyl (C=O) groups excluding carboxylic acids is 1. The highest BCUT2D eigenvalue weighted by Gasteiger charge is 2.29. The molecule has 2 saturated heterocycles. The van der Waals surface area contributed by atoms with Crippen LogP contribution < -0.4 is 4.74 Å². The Kier molecular flexibility index (Phi) is 5.88. The fourth-order valence-electron chi connectivity index (χ4n) is 5.01. The number of H-pyrrole nitrogens is 1. The monoisotopic (exact) mass is 467 g/mol. The number of methoxy groups -OCH3 is 1. The predicted molar refractivity (Wildman–Crippen MR) is 127 cm³/mol. The van der Waals surface area contributed by atoms with Crippen molar-refractivity contribution >= 4 is 26.8 Å². The number of carbonyl (C=O) groups is 1. The Morgan fingerprint density at radius 1 is 1.00 bits per heavy atom. The average Bonchev–Trinajstić information content (AvgIpc) is 3.54. The third kappa shape index (κ3) is 4.13. The number of rotatable bonds is 5. The first-order chi connectivity index (χ1) is 16.0. The molecule has 0 saturated carbocycles. The molecule has 2 aromatic carbocycles. The first-order valence-corrected chi connectivity index (χ1v) is 13.0. The maximum Gasteiger partial charge on any atom is 0.253 e. The molecule has 0 unspecified atom stereocenters. The molecule has 174 valence electrons. The molecule has 0 aliphatic carbocycles. The zero-order chi connectivity index (χ0) is 23.0. The highest BCUT2D eigenvalue weighted by Crippen LogP contribution is 2.35. The Hall–Kier alpha value is -2.84. The van der Waals surface area contributed by atoms with Gasteiger partial charge in [-0.05, 0) is 79.6 Å². The molecule has 3 heterocycles. The summed E-state index contributed by atoms with van der Waals surface area (Å²) in [6, 6.07) is 12.5. The average molecular weight is 468 g/mol. The van der Waals surface area contributed by atoms with Crippen LogP contribution in [0.5, 0.6) is 5.75 Å². The minimum Gasteiger partial charge on any atom is -0.497 e. The van der Waals surface area contributed by atoms with Crippen molar-refractivity contribution in [3.63, 3.8) is 0 Å². The van der Waals surface area contributed by atoms with Gasteiger partial charge in [0.25, 0.3) is 5.91 Å². The van der Waals surface area contributed by atoms with Gasteiger partial charge in [-0.3, -0.25) is 4.79 Å². The highest BCUT2D eigenvalue weighted by atomic mass is 32.2. The summed E-state index contributed by atoms with van der Waals surface area (Å²) in [5.41, 5.74) is 2.89. The zero-order valence-corrected chi connectivity index (χ0v) is 19.6. The molecule has 2 fully saturated rings. The van der Waals surface area contributed by atoms with Gasteiger partial charge in [0.1, 0.15) is 5.75 Å². The van der Waals surface area contributed by atoms with E-state index in [1.54, 1.807) is 31.4 Å². The van der Waals surface area contributed by atoms with Crippen LogP contribution >= 0.6 is 0 Å². The second kappa shape index (κ2) is 8.83. The van der Waals surface area contributed by atoms with E-state index >= 15 is 0 Å². The summed E-state index contributed by atoms with van der Waals surface area (Å²) in [6.45, 7) is 2.49. The van der Waals surface area contributed by atoms with Crippen molar-refractivity contribution < 1.29 is 17.9 Å². The Labute approximate surface area is 194 Å². The van der Waals surface area contributed by atoms with E-state index in [4.69, 9.17) is 4.74 Å². The van der Waals surface area contributed by atoms with Gasteiger partial charge in [0, 0.05) is 48.8 Å². The lowest BCUT2D eigenvalue weighted by Crippen LogP contribution is -2.37. The van der Waals surface area contributed by atoms with Crippen molar-refractivity contribution in [1.82, 2.24) is 14.2 Å². The van der Waals surface area contributed by atoms with Gasteiger partial charge in [0.2, 0.25) is 10.0 Å². The van der Waals surface area contributed by atoms with Gasteiger partial charge >= 0.3 is 0 Å². The number of hydrogen-bond acceptors (Lipinski definition) is 4. The van der Waals surface area contributed by atoms with Gasteiger partial charge in [-0.1, -0.05) is 0 Å². The van der Waals surface area contributed by atoms with Gasteiger partial charge in [0.05, 0.1) is 12.0 Å². The molecule has 0 spiro atoms. The Balaban J connectivity index is 1.25. The third-order valence-corrected chi connectivity index (χ3v) is 8.86. The van der Waals surface area contributed by atoms with E-state index in [9.17, 15) is 13.2 Å². The fourth-order valence-corrected chi connectivity index (χ4v) is 6.53. The summed E-state index contributed by atoms with van der Waals surface area (Å²) in [4.78, 5) is 18.5. The van der Waals surface area contributed by atoms with Crippen LogP contribution in [0.1, 0.15) is 47.5 Å². The molecule has 0 radical (unpaired) electrons. The van der Waals surface area contributed by atoms with Crippen LogP contribution in [0.4, 0.5) is 0 Å². The molecule has 5 rings (SSSR count). The maximum atomic E-state index is 13.0. The van der Waals surface area contributed by atoms with Crippen molar-refractivity contribution in [2.45, 2.75) is 36.5 Å². The van der Waals surface area contributed by atoms with Crippen molar-refractivity contribution in [2.75, 3.05) is 33.3 Å². The molecule has 0 bridgehead atoms. The minimum atomic E-state index is -3.46. The normalized spacial score (nSPS) is 18.2. The fraction of sp³-hybridized carbons (Fsp3) is 0.400. The van der Waals surface area contributed by atoms with Crippen molar-refractivity contribution in [3.05, 3.63) is 59.8 Å². The number of hydrogen-bond donors (Lipinski definition) is 1. The van der Waals surface area contributed by atoms with E-state index in [2.05, 4.69) is 17.2 Å². The Morgan fingerprint density at radius 2 is 1.70 bits per heavy atom. The van der Waals surface area contributed by atoms with Crippen molar-refractivity contribution in [3.8, 4) is 5.75 Å². The topological polar surface area (TPSA) is 82.7 Å². The molecule has 7 nitrogen and oxygen atoms in total. The number of sulfonamides is 1. The number of ether oxygens (including phenoxy) is 1. The van der Waals surface area contributed by atoms with Gasteiger partial charge in [-0.25, -0.2) is 8.42 Å². The third-order valence-electron chi connectivity index (χ3n) is 6.95.